The first-order valence-electron chi connectivity index (χ1n) is 13.1. The summed E-state index contributed by atoms with van der Waals surface area (Å²) in [6, 6.07) is 17.6. The van der Waals surface area contributed by atoms with Gasteiger partial charge < -0.3 is 25.0 Å². The molecule has 198 valence electrons. The Kier molecular flexibility index (Phi) is 7.98. The summed E-state index contributed by atoms with van der Waals surface area (Å²) in [4.78, 5) is 29.2. The quantitative estimate of drug-likeness (QED) is 0.333. The maximum absolute atomic E-state index is 13.2. The molecule has 0 spiro atoms. The number of likely N-dealkylation sites (tertiary alicyclic amines) is 1. The number of fused-ring (bicyclic) bond motifs is 3. The lowest BCUT2D eigenvalue weighted by atomic mass is 9.74. The number of rotatable bonds is 8. The molecule has 3 atom stereocenters. The number of hydrogen-bond donors (Lipinski definition) is 2. The van der Waals surface area contributed by atoms with E-state index in [4.69, 9.17) is 9.47 Å². The fourth-order valence-corrected chi connectivity index (χ4v) is 6.14. The summed E-state index contributed by atoms with van der Waals surface area (Å²) in [7, 11) is 0. The molecule has 2 amide bonds. The van der Waals surface area contributed by atoms with Crippen molar-refractivity contribution in [1.82, 2.24) is 10.2 Å². The van der Waals surface area contributed by atoms with Gasteiger partial charge in [0.25, 0.3) is 5.91 Å². The molecule has 5 rings (SSSR count). The fraction of sp³-hybridized carbons (Fsp3) is 0.333. The molecule has 0 saturated carbocycles. The molecule has 38 heavy (non-hydrogen) atoms. The zero-order valence-electron chi connectivity index (χ0n) is 21.5. The highest BCUT2D eigenvalue weighted by Gasteiger charge is 2.45. The lowest BCUT2D eigenvalue weighted by Crippen LogP contribution is -2.48. The molecule has 7 nitrogen and oxygen atoms in total. The Morgan fingerprint density at radius 2 is 2.05 bits per heavy atom. The molecule has 3 heterocycles. The van der Waals surface area contributed by atoms with Gasteiger partial charge >= 0.3 is 6.09 Å². The molecule has 0 bridgehead atoms. The molecule has 1 fully saturated rings. The molecule has 2 aliphatic heterocycles. The van der Waals surface area contributed by atoms with Crippen molar-refractivity contribution >= 4 is 29.0 Å². The molecule has 1 saturated heterocycles. The van der Waals surface area contributed by atoms with Gasteiger partial charge in [-0.05, 0) is 72.7 Å². The monoisotopic (exact) mass is 531 g/mol. The smallest absolute Gasteiger partial charge is 0.410 e. The predicted octanol–water partition coefficient (Wildman–Crippen LogP) is 6.32. The highest BCUT2D eigenvalue weighted by molar-refractivity contribution is 7.09. The topological polar surface area (TPSA) is 79.9 Å². The summed E-state index contributed by atoms with van der Waals surface area (Å²) in [6.45, 7) is 7.50. The number of anilines is 1. The third kappa shape index (κ3) is 5.41. The lowest BCUT2D eigenvalue weighted by Gasteiger charge is -2.48. The Bertz CT molecular complexity index is 1280. The minimum absolute atomic E-state index is 0.00307. The lowest BCUT2D eigenvalue weighted by molar-refractivity contribution is 0.0505. The largest absolute Gasteiger partial charge is 0.494 e. The van der Waals surface area contributed by atoms with Gasteiger partial charge in [0.2, 0.25) is 0 Å². The normalized spacial score (nSPS) is 19.9. The molecule has 2 N–H and O–H groups in total. The summed E-state index contributed by atoms with van der Waals surface area (Å²) >= 11 is 1.61. The summed E-state index contributed by atoms with van der Waals surface area (Å²) in [5, 5.41) is 8.73. The van der Waals surface area contributed by atoms with Gasteiger partial charge in [-0.2, -0.15) is 0 Å². The highest BCUT2D eigenvalue weighted by atomic mass is 32.1. The summed E-state index contributed by atoms with van der Waals surface area (Å²) in [5.41, 5.74) is 3.57. The number of piperidine rings is 1. The molecule has 1 aromatic heterocycles. The average Bonchev–Trinajstić information content (AvgIpc) is 3.48. The molecule has 2 aromatic carbocycles. The number of ether oxygens (including phenoxy) is 2. The molecule has 3 aromatic rings. The van der Waals surface area contributed by atoms with Crippen molar-refractivity contribution in [2.24, 2.45) is 5.92 Å². The van der Waals surface area contributed by atoms with Crippen LogP contribution in [0.1, 0.15) is 58.2 Å². The van der Waals surface area contributed by atoms with E-state index in [1.54, 1.807) is 17.4 Å². The van der Waals surface area contributed by atoms with E-state index in [9.17, 15) is 9.59 Å². The maximum Gasteiger partial charge on any atom is 0.410 e. The van der Waals surface area contributed by atoms with Crippen molar-refractivity contribution in [1.29, 1.82) is 0 Å². The standard InChI is InChI=1S/C30H33N3O4S/c1-3-16-37-30(35)33-15-5-8-24-27(20-9-12-22(13-10-20)36-4-2)32-26-14-11-21(18-25(26)28(24)33)29(34)31-19-23-7-6-17-38-23/h3,6-7,9-14,17-18,24,27-28,32H,1,4-5,8,15-16,19H2,2H3,(H,31,34)/t24-,27?,28-/m0/s1. The number of nitrogens with zero attached hydrogens (tertiary/aromatic N) is 1. The van der Waals surface area contributed by atoms with E-state index in [2.05, 4.69) is 29.3 Å². The number of hydrogen-bond acceptors (Lipinski definition) is 6. The predicted molar refractivity (Wildman–Crippen MR) is 150 cm³/mol. The van der Waals surface area contributed by atoms with E-state index in [-0.39, 0.29) is 36.6 Å². The van der Waals surface area contributed by atoms with Crippen LogP contribution in [0.2, 0.25) is 0 Å². The number of benzene rings is 2. The summed E-state index contributed by atoms with van der Waals surface area (Å²) < 4.78 is 11.1. The van der Waals surface area contributed by atoms with Crippen molar-refractivity contribution in [3.05, 3.63) is 94.2 Å². The van der Waals surface area contributed by atoms with Crippen LogP contribution in [-0.4, -0.2) is 36.7 Å². The van der Waals surface area contributed by atoms with Crippen LogP contribution in [0, 0.1) is 5.92 Å². The van der Waals surface area contributed by atoms with Gasteiger partial charge in [-0.3, -0.25) is 4.79 Å². The van der Waals surface area contributed by atoms with Gasteiger partial charge in [0.1, 0.15) is 12.4 Å². The summed E-state index contributed by atoms with van der Waals surface area (Å²) in [6.07, 6.45) is 3.03. The molecular formula is C30H33N3O4S. The minimum Gasteiger partial charge on any atom is -0.494 e. The Labute approximate surface area is 227 Å². The van der Waals surface area contributed by atoms with Crippen molar-refractivity contribution < 1.29 is 19.1 Å². The number of carbonyl (C=O) groups excluding carboxylic acids is 2. The first kappa shape index (κ1) is 25.9. The van der Waals surface area contributed by atoms with Crippen LogP contribution in [0.5, 0.6) is 5.75 Å². The first-order chi connectivity index (χ1) is 18.6. The summed E-state index contributed by atoms with van der Waals surface area (Å²) in [5.74, 6) is 0.804. The molecular weight excluding hydrogens is 498 g/mol. The van der Waals surface area contributed by atoms with Crippen LogP contribution in [0.3, 0.4) is 0 Å². The van der Waals surface area contributed by atoms with E-state index in [0.717, 1.165) is 40.3 Å². The number of nitrogens with one attached hydrogen (secondary N) is 2. The van der Waals surface area contributed by atoms with Gasteiger partial charge in [0.15, 0.2) is 0 Å². The number of thiophene rings is 1. The Balaban J connectivity index is 1.48. The van der Waals surface area contributed by atoms with Crippen LogP contribution in [0.15, 0.2) is 72.6 Å². The van der Waals surface area contributed by atoms with Gasteiger partial charge in [-0.1, -0.05) is 30.9 Å². The fourth-order valence-electron chi connectivity index (χ4n) is 5.50. The minimum atomic E-state index is -0.356. The van der Waals surface area contributed by atoms with Gasteiger partial charge in [-0.15, -0.1) is 11.3 Å². The van der Waals surface area contributed by atoms with Crippen molar-refractivity contribution in [2.45, 2.75) is 38.4 Å². The first-order valence-corrected chi connectivity index (χ1v) is 13.9. The van der Waals surface area contributed by atoms with E-state index in [0.29, 0.717) is 25.3 Å². The second kappa shape index (κ2) is 11.7. The van der Waals surface area contributed by atoms with E-state index in [1.807, 2.05) is 59.7 Å². The Hall–Kier alpha value is -3.78. The number of carbonyl (C=O) groups is 2. The van der Waals surface area contributed by atoms with Crippen molar-refractivity contribution in [2.75, 3.05) is 25.1 Å². The zero-order valence-corrected chi connectivity index (χ0v) is 22.3. The van der Waals surface area contributed by atoms with E-state index in [1.165, 1.54) is 0 Å². The van der Waals surface area contributed by atoms with Gasteiger partial charge in [0.05, 0.1) is 25.2 Å². The van der Waals surface area contributed by atoms with Gasteiger partial charge in [0, 0.05) is 28.6 Å². The number of amides is 2. The maximum atomic E-state index is 13.2. The van der Waals surface area contributed by atoms with Crippen LogP contribution >= 0.6 is 11.3 Å². The van der Waals surface area contributed by atoms with Crippen molar-refractivity contribution in [3.8, 4) is 5.75 Å². The molecule has 0 radical (unpaired) electrons. The third-order valence-electron chi connectivity index (χ3n) is 7.16. The Morgan fingerprint density at radius 3 is 2.79 bits per heavy atom. The molecule has 1 unspecified atom stereocenters. The van der Waals surface area contributed by atoms with Crippen molar-refractivity contribution in [3.63, 3.8) is 0 Å². The average molecular weight is 532 g/mol. The molecule has 0 aliphatic carbocycles. The SMILES string of the molecule is C=CCOC(=O)N1CCC[C@H]2C(c3ccc(OCC)cc3)Nc3ccc(C(=O)NCc4cccs4)cc3[C@H]21. The second-order valence-corrected chi connectivity index (χ2v) is 10.5. The zero-order chi connectivity index (χ0) is 26.5. The van der Waals surface area contributed by atoms with Crippen LogP contribution < -0.4 is 15.4 Å². The molecule has 2 aliphatic rings. The Morgan fingerprint density at radius 1 is 1.21 bits per heavy atom. The second-order valence-electron chi connectivity index (χ2n) is 9.50. The van der Waals surface area contributed by atoms with Crippen LogP contribution in [0.25, 0.3) is 0 Å². The third-order valence-corrected chi connectivity index (χ3v) is 8.04. The van der Waals surface area contributed by atoms with Crippen LogP contribution in [-0.2, 0) is 11.3 Å². The van der Waals surface area contributed by atoms with Crippen LogP contribution in [0.4, 0.5) is 10.5 Å². The van der Waals surface area contributed by atoms with Gasteiger partial charge in [-0.25, -0.2) is 4.79 Å². The van der Waals surface area contributed by atoms with E-state index < -0.39 is 0 Å². The highest BCUT2D eigenvalue weighted by Crippen LogP contribution is 2.50. The van der Waals surface area contributed by atoms with E-state index >= 15 is 0 Å². The molecule has 8 heteroatoms.